The Kier molecular flexibility index (Phi) is 3.02. The van der Waals surface area contributed by atoms with Gasteiger partial charge < -0.3 is 16.2 Å². The van der Waals surface area contributed by atoms with Gasteiger partial charge in [-0.15, -0.1) is 11.8 Å². The Hall–Kier alpha value is -1.27. The fourth-order valence-electron chi connectivity index (χ4n) is 1.61. The van der Waals surface area contributed by atoms with Gasteiger partial charge in [0.15, 0.2) is 0 Å². The Balaban J connectivity index is 2.06. The number of pyridine rings is 1. The summed E-state index contributed by atoms with van der Waals surface area (Å²) in [6.45, 7) is 1.43. The van der Waals surface area contributed by atoms with E-state index in [1.165, 1.54) is 0 Å². The van der Waals surface area contributed by atoms with E-state index in [9.17, 15) is 4.79 Å². The second-order valence-electron chi connectivity index (χ2n) is 3.88. The number of hydrogen-bond acceptors (Lipinski definition) is 5. The van der Waals surface area contributed by atoms with E-state index in [0.29, 0.717) is 18.9 Å². The number of aliphatic carboxylic acids is 1. The third-order valence-corrected chi connectivity index (χ3v) is 3.80. The number of nitrogens with zero attached hydrogens (tertiary/aromatic N) is 1. The number of thioether (sulfide) groups is 1. The van der Waals surface area contributed by atoms with Crippen molar-refractivity contribution in [2.24, 2.45) is 0 Å². The SMILES string of the molecule is Nc1ccc(SC2(CC(=O)O)CNC2)cn1. The molecular formula is C10H13N3O2S. The molecule has 1 saturated heterocycles. The van der Waals surface area contributed by atoms with Crippen LogP contribution in [0.3, 0.4) is 0 Å². The van der Waals surface area contributed by atoms with Gasteiger partial charge in [0, 0.05) is 24.2 Å². The maximum Gasteiger partial charge on any atom is 0.304 e. The van der Waals surface area contributed by atoms with Crippen LogP contribution in [0.1, 0.15) is 6.42 Å². The average molecular weight is 239 g/mol. The van der Waals surface area contributed by atoms with Crippen LogP contribution in [0.25, 0.3) is 0 Å². The third-order valence-electron chi connectivity index (χ3n) is 2.46. The van der Waals surface area contributed by atoms with E-state index < -0.39 is 5.97 Å². The van der Waals surface area contributed by atoms with E-state index in [1.54, 1.807) is 24.0 Å². The molecule has 5 nitrogen and oxygen atoms in total. The molecule has 0 saturated carbocycles. The van der Waals surface area contributed by atoms with Crippen LogP contribution in [0.2, 0.25) is 0 Å². The summed E-state index contributed by atoms with van der Waals surface area (Å²) in [6, 6.07) is 3.60. The van der Waals surface area contributed by atoms with Crippen molar-refractivity contribution in [2.45, 2.75) is 16.1 Å². The molecule has 2 heterocycles. The molecule has 2 rings (SSSR count). The van der Waals surface area contributed by atoms with Crippen molar-refractivity contribution in [1.29, 1.82) is 0 Å². The van der Waals surface area contributed by atoms with E-state index in [0.717, 1.165) is 4.90 Å². The Bertz CT molecular complexity index is 390. The second-order valence-corrected chi connectivity index (χ2v) is 5.42. The van der Waals surface area contributed by atoms with Crippen molar-refractivity contribution in [2.75, 3.05) is 18.8 Å². The van der Waals surface area contributed by atoms with Gasteiger partial charge in [0.25, 0.3) is 0 Å². The minimum atomic E-state index is -0.766. The second kappa shape index (κ2) is 4.31. The van der Waals surface area contributed by atoms with Gasteiger partial charge in [-0.2, -0.15) is 0 Å². The van der Waals surface area contributed by atoms with Gasteiger partial charge >= 0.3 is 5.97 Å². The standard InChI is InChI=1S/C10H13N3O2S/c11-8-2-1-7(4-13-8)16-10(3-9(14)15)5-12-6-10/h1-2,4,12H,3,5-6H2,(H2,11,13)(H,14,15). The molecule has 0 amide bonds. The zero-order chi connectivity index (χ0) is 11.6. The normalized spacial score (nSPS) is 17.8. The van der Waals surface area contributed by atoms with Gasteiger partial charge in [-0.3, -0.25) is 4.79 Å². The van der Waals surface area contributed by atoms with E-state index in [2.05, 4.69) is 10.3 Å². The number of nitrogens with two attached hydrogens (primary N) is 1. The minimum absolute atomic E-state index is 0.162. The summed E-state index contributed by atoms with van der Waals surface area (Å²) in [7, 11) is 0. The molecule has 0 aliphatic carbocycles. The number of anilines is 1. The zero-order valence-corrected chi connectivity index (χ0v) is 9.46. The molecule has 0 atom stereocenters. The predicted molar refractivity (Wildman–Crippen MR) is 62.4 cm³/mol. The smallest absolute Gasteiger partial charge is 0.304 e. The van der Waals surface area contributed by atoms with E-state index in [4.69, 9.17) is 10.8 Å². The van der Waals surface area contributed by atoms with Crippen LogP contribution in [-0.2, 0) is 4.79 Å². The lowest BCUT2D eigenvalue weighted by molar-refractivity contribution is -0.138. The summed E-state index contributed by atoms with van der Waals surface area (Å²) in [6.07, 6.45) is 1.84. The zero-order valence-electron chi connectivity index (χ0n) is 8.64. The van der Waals surface area contributed by atoms with Crippen molar-refractivity contribution >= 4 is 23.5 Å². The van der Waals surface area contributed by atoms with Gasteiger partial charge in [-0.05, 0) is 12.1 Å². The first kappa shape index (κ1) is 11.2. The predicted octanol–water partition coefficient (Wildman–Crippen LogP) is 0.573. The molecule has 86 valence electrons. The van der Waals surface area contributed by atoms with Crippen LogP contribution in [0.15, 0.2) is 23.2 Å². The molecule has 16 heavy (non-hydrogen) atoms. The molecule has 1 aromatic heterocycles. The highest BCUT2D eigenvalue weighted by Gasteiger charge is 2.40. The maximum atomic E-state index is 10.8. The molecule has 0 spiro atoms. The van der Waals surface area contributed by atoms with Crippen LogP contribution < -0.4 is 11.1 Å². The van der Waals surface area contributed by atoms with E-state index >= 15 is 0 Å². The summed E-state index contributed by atoms with van der Waals surface area (Å²) in [5.74, 6) is -0.291. The monoisotopic (exact) mass is 239 g/mol. The van der Waals surface area contributed by atoms with Crippen LogP contribution >= 0.6 is 11.8 Å². The number of carboxylic acids is 1. The first-order valence-corrected chi connectivity index (χ1v) is 5.74. The number of hydrogen-bond donors (Lipinski definition) is 3. The lowest BCUT2D eigenvalue weighted by Gasteiger charge is -2.40. The number of carboxylic acid groups (broad SMARTS) is 1. The molecule has 0 unspecified atom stereocenters. The summed E-state index contributed by atoms with van der Waals surface area (Å²) in [4.78, 5) is 15.7. The molecule has 4 N–H and O–H groups in total. The molecule has 0 bridgehead atoms. The first-order chi connectivity index (χ1) is 7.60. The Morgan fingerprint density at radius 3 is 2.81 bits per heavy atom. The topological polar surface area (TPSA) is 88.2 Å². The average Bonchev–Trinajstić information content (AvgIpc) is 2.17. The fourth-order valence-corrected chi connectivity index (χ4v) is 2.90. The Labute approximate surface area is 97.4 Å². The van der Waals surface area contributed by atoms with Crippen molar-refractivity contribution < 1.29 is 9.90 Å². The third kappa shape index (κ3) is 2.45. The van der Waals surface area contributed by atoms with Gasteiger partial charge in [0.1, 0.15) is 5.82 Å². The highest BCUT2D eigenvalue weighted by atomic mass is 32.2. The van der Waals surface area contributed by atoms with E-state index in [1.807, 2.05) is 6.07 Å². The number of rotatable bonds is 4. The molecular weight excluding hydrogens is 226 g/mol. The lowest BCUT2D eigenvalue weighted by atomic mass is 9.98. The van der Waals surface area contributed by atoms with Crippen molar-refractivity contribution in [3.63, 3.8) is 0 Å². The van der Waals surface area contributed by atoms with Crippen LogP contribution in [-0.4, -0.2) is 33.9 Å². The molecule has 1 aromatic rings. The summed E-state index contributed by atoms with van der Waals surface area (Å²) in [5, 5.41) is 12.0. The number of nitrogens with one attached hydrogen (secondary N) is 1. The molecule has 6 heteroatoms. The van der Waals surface area contributed by atoms with Crippen LogP contribution in [0, 0.1) is 0 Å². The van der Waals surface area contributed by atoms with Crippen molar-refractivity contribution in [3.8, 4) is 0 Å². The van der Waals surface area contributed by atoms with Gasteiger partial charge in [-0.25, -0.2) is 4.98 Å². The Morgan fingerprint density at radius 1 is 1.62 bits per heavy atom. The van der Waals surface area contributed by atoms with Gasteiger partial charge in [0.05, 0.1) is 11.2 Å². The maximum absolute atomic E-state index is 10.8. The first-order valence-electron chi connectivity index (χ1n) is 4.93. The number of nitrogen functional groups attached to an aromatic ring is 1. The van der Waals surface area contributed by atoms with Crippen molar-refractivity contribution in [3.05, 3.63) is 18.3 Å². The fraction of sp³-hybridized carbons (Fsp3) is 0.400. The molecule has 0 radical (unpaired) electrons. The molecule has 1 aliphatic rings. The van der Waals surface area contributed by atoms with E-state index in [-0.39, 0.29) is 11.2 Å². The minimum Gasteiger partial charge on any atom is -0.481 e. The molecule has 1 aliphatic heterocycles. The van der Waals surface area contributed by atoms with Crippen molar-refractivity contribution in [1.82, 2.24) is 10.3 Å². The summed E-state index contributed by atoms with van der Waals surface area (Å²) >= 11 is 1.55. The largest absolute Gasteiger partial charge is 0.481 e. The highest BCUT2D eigenvalue weighted by molar-refractivity contribution is 8.00. The molecule has 1 fully saturated rings. The highest BCUT2D eigenvalue weighted by Crippen LogP contribution is 2.38. The van der Waals surface area contributed by atoms with Crippen LogP contribution in [0.5, 0.6) is 0 Å². The Morgan fingerprint density at radius 2 is 2.38 bits per heavy atom. The van der Waals surface area contributed by atoms with Gasteiger partial charge in [-0.1, -0.05) is 0 Å². The summed E-state index contributed by atoms with van der Waals surface area (Å²) in [5.41, 5.74) is 5.49. The molecule has 0 aromatic carbocycles. The number of aromatic nitrogens is 1. The van der Waals surface area contributed by atoms with Crippen LogP contribution in [0.4, 0.5) is 5.82 Å². The number of carbonyl (C=O) groups is 1. The summed E-state index contributed by atoms with van der Waals surface area (Å²) < 4.78 is -0.233. The van der Waals surface area contributed by atoms with Gasteiger partial charge in [0.2, 0.25) is 0 Å². The lowest BCUT2D eigenvalue weighted by Crippen LogP contribution is -2.57. The quantitative estimate of drug-likeness (QED) is 0.712.